The van der Waals surface area contributed by atoms with Gasteiger partial charge >= 0.3 is 0 Å². The summed E-state index contributed by atoms with van der Waals surface area (Å²) in [5.41, 5.74) is 0. The Kier molecular flexibility index (Phi) is 0.763. The molecule has 0 spiro atoms. The molecule has 0 aliphatic heterocycles. The maximum atomic E-state index is 7.84. The van der Waals surface area contributed by atoms with Crippen LogP contribution in [0.4, 0.5) is 0 Å². The third kappa shape index (κ3) is 0.492. The minimum atomic E-state index is 0.281. The molecule has 54 valence electrons. The highest BCUT2D eigenvalue weighted by Crippen LogP contribution is 2.56. The molecule has 0 radical (unpaired) electrons. The van der Waals surface area contributed by atoms with Crippen LogP contribution in [0.3, 0.4) is 0 Å². The lowest BCUT2D eigenvalue weighted by Gasteiger charge is -2.23. The first kappa shape index (κ1) is 4.58. The van der Waals surface area contributed by atoms with E-state index in [0.29, 0.717) is 0 Å². The molecule has 2 fully saturated rings. The third-order valence-electron chi connectivity index (χ3n) is 3.68. The molecule has 0 heteroatoms. The zero-order valence-electron chi connectivity index (χ0n) is 7.16. The van der Waals surface area contributed by atoms with Crippen molar-refractivity contribution in [2.24, 2.45) is 23.7 Å². The fourth-order valence-corrected chi connectivity index (χ4v) is 3.22. The molecule has 0 aromatic carbocycles. The molecule has 3 rings (SSSR count). The van der Waals surface area contributed by atoms with Gasteiger partial charge in [0.05, 0.1) is 0 Å². The van der Waals surface area contributed by atoms with Gasteiger partial charge < -0.3 is 0 Å². The molecule has 3 aliphatic carbocycles. The Bertz CT molecular complexity index is 209. The van der Waals surface area contributed by atoms with Crippen LogP contribution in [-0.2, 0) is 0 Å². The van der Waals surface area contributed by atoms with Crippen LogP contribution in [0.15, 0.2) is 12.2 Å². The van der Waals surface area contributed by atoms with Crippen molar-refractivity contribution < 1.29 is 1.37 Å². The zero-order chi connectivity index (χ0) is 7.42. The molecule has 0 saturated heterocycles. The van der Waals surface area contributed by atoms with E-state index in [1.807, 2.05) is 0 Å². The lowest BCUT2D eigenvalue weighted by molar-refractivity contribution is 0.285. The summed E-state index contributed by atoms with van der Waals surface area (Å²) in [6.45, 7) is 0. The van der Waals surface area contributed by atoms with Gasteiger partial charge in [-0.3, -0.25) is 0 Å². The minimum Gasteiger partial charge on any atom is -0.0879 e. The van der Waals surface area contributed by atoms with Crippen LogP contribution >= 0.6 is 0 Å². The van der Waals surface area contributed by atoms with Crippen LogP contribution in [0.25, 0.3) is 0 Å². The van der Waals surface area contributed by atoms with E-state index in [1.54, 1.807) is 0 Å². The van der Waals surface area contributed by atoms with Gasteiger partial charge in [0.1, 0.15) is 0 Å². The van der Waals surface area contributed by atoms with E-state index in [9.17, 15) is 0 Å². The number of hydrogen-bond acceptors (Lipinski definition) is 0. The topological polar surface area (TPSA) is 0 Å². The highest BCUT2D eigenvalue weighted by Gasteiger charge is 2.47. The average Bonchev–Trinajstić information content (AvgIpc) is 2.52. The van der Waals surface area contributed by atoms with Crippen LogP contribution in [0.1, 0.15) is 27.0 Å². The van der Waals surface area contributed by atoms with Crippen molar-refractivity contribution >= 4 is 0 Å². The predicted octanol–water partition coefficient (Wildman–Crippen LogP) is 2.61. The first-order valence-corrected chi connectivity index (χ1v) is 4.45. The normalized spacial score (nSPS) is 64.8. The Morgan fingerprint density at radius 3 is 3.40 bits per heavy atom. The summed E-state index contributed by atoms with van der Waals surface area (Å²) in [6.07, 6.45) is 8.90. The van der Waals surface area contributed by atoms with E-state index in [4.69, 9.17) is 1.37 Å². The maximum absolute atomic E-state index is 7.84. The van der Waals surface area contributed by atoms with E-state index in [1.165, 1.54) is 19.3 Å². The summed E-state index contributed by atoms with van der Waals surface area (Å²) in [5, 5.41) is 0. The van der Waals surface area contributed by atoms with Gasteiger partial charge in [0.25, 0.3) is 0 Å². The summed E-state index contributed by atoms with van der Waals surface area (Å²) in [6, 6.07) is 0. The van der Waals surface area contributed by atoms with E-state index < -0.39 is 0 Å². The number of hydrogen-bond donors (Lipinski definition) is 0. The van der Waals surface area contributed by atoms with Crippen molar-refractivity contribution in [1.82, 2.24) is 0 Å². The standard InChI is InChI=1S/C10H14/c1-2-9-7-4-5-8(6-7)10(9)3-1/h1-2,7-10H,3-6H2/t7-,8+,9-,10+/m0/s1/i4D/t4?,7-,8+,9-,10+. The second-order valence-corrected chi connectivity index (χ2v) is 4.04. The van der Waals surface area contributed by atoms with Crippen molar-refractivity contribution in [3.05, 3.63) is 12.2 Å². The highest BCUT2D eigenvalue weighted by molar-refractivity contribution is 5.11. The molecule has 0 amide bonds. The summed E-state index contributed by atoms with van der Waals surface area (Å²) >= 11 is 0. The SMILES string of the molecule is [2H]C1C[C@@H]2C[C@H]1[C@@H]1C=CC[C@H]21. The van der Waals surface area contributed by atoms with E-state index in [-0.39, 0.29) is 6.40 Å². The minimum absolute atomic E-state index is 0.281. The molecule has 10 heavy (non-hydrogen) atoms. The highest BCUT2D eigenvalue weighted by atomic mass is 14.5. The van der Waals surface area contributed by atoms with Crippen LogP contribution in [0.5, 0.6) is 0 Å². The molecule has 0 nitrogen and oxygen atoms in total. The van der Waals surface area contributed by atoms with Gasteiger partial charge in [-0.1, -0.05) is 12.2 Å². The molecule has 5 atom stereocenters. The van der Waals surface area contributed by atoms with Gasteiger partial charge in [-0.05, 0) is 49.3 Å². The van der Waals surface area contributed by atoms with E-state index >= 15 is 0 Å². The van der Waals surface area contributed by atoms with Crippen molar-refractivity contribution in [3.8, 4) is 0 Å². The number of fused-ring (bicyclic) bond motifs is 5. The van der Waals surface area contributed by atoms with Gasteiger partial charge in [0.15, 0.2) is 0 Å². The quantitative estimate of drug-likeness (QED) is 0.448. The molecule has 0 heterocycles. The number of allylic oxidation sites excluding steroid dienone is 2. The van der Waals surface area contributed by atoms with Crippen LogP contribution in [0.2, 0.25) is 0 Å². The van der Waals surface area contributed by atoms with Crippen molar-refractivity contribution in [3.63, 3.8) is 0 Å². The largest absolute Gasteiger partial charge is 0.0879 e. The Hall–Kier alpha value is -0.260. The van der Waals surface area contributed by atoms with Crippen LogP contribution in [0, 0.1) is 23.7 Å². The Morgan fingerprint density at radius 2 is 2.40 bits per heavy atom. The second-order valence-electron chi connectivity index (χ2n) is 4.04. The van der Waals surface area contributed by atoms with Gasteiger partial charge in [0.2, 0.25) is 0 Å². The first-order chi connectivity index (χ1) is 5.36. The molecule has 2 saturated carbocycles. The van der Waals surface area contributed by atoms with Crippen LogP contribution in [-0.4, -0.2) is 0 Å². The van der Waals surface area contributed by atoms with Crippen LogP contribution < -0.4 is 0 Å². The number of rotatable bonds is 0. The fourth-order valence-electron chi connectivity index (χ4n) is 3.22. The molecular weight excluding hydrogens is 120 g/mol. The summed E-state index contributed by atoms with van der Waals surface area (Å²) in [4.78, 5) is 0. The Labute approximate surface area is 63.7 Å². The fraction of sp³-hybridized carbons (Fsp3) is 0.800. The Balaban J connectivity index is 1.94. The summed E-state index contributed by atoms with van der Waals surface area (Å²) < 4.78 is 7.84. The molecule has 0 N–H and O–H groups in total. The summed E-state index contributed by atoms with van der Waals surface area (Å²) in [7, 11) is 0. The van der Waals surface area contributed by atoms with Crippen molar-refractivity contribution in [2.45, 2.75) is 25.7 Å². The lowest BCUT2D eigenvalue weighted by atomic mass is 9.82. The van der Waals surface area contributed by atoms with Crippen molar-refractivity contribution in [1.29, 1.82) is 0 Å². The molecule has 1 unspecified atom stereocenters. The van der Waals surface area contributed by atoms with E-state index in [0.717, 1.165) is 23.7 Å². The van der Waals surface area contributed by atoms with Gasteiger partial charge in [0, 0.05) is 1.37 Å². The van der Waals surface area contributed by atoms with Gasteiger partial charge in [-0.2, -0.15) is 0 Å². The molecule has 2 bridgehead atoms. The predicted molar refractivity (Wildman–Crippen MR) is 41.6 cm³/mol. The first-order valence-electron chi connectivity index (χ1n) is 5.03. The Morgan fingerprint density at radius 1 is 1.40 bits per heavy atom. The summed E-state index contributed by atoms with van der Waals surface area (Å²) in [5.74, 6) is 3.43. The zero-order valence-corrected chi connectivity index (χ0v) is 6.16. The molecular formula is C10H14. The van der Waals surface area contributed by atoms with Gasteiger partial charge in [-0.15, -0.1) is 0 Å². The average molecular weight is 135 g/mol. The monoisotopic (exact) mass is 135 g/mol. The van der Waals surface area contributed by atoms with Gasteiger partial charge in [-0.25, -0.2) is 0 Å². The lowest BCUT2D eigenvalue weighted by Crippen LogP contribution is -2.16. The third-order valence-corrected chi connectivity index (χ3v) is 3.68. The molecule has 3 aliphatic rings. The molecule has 0 aromatic rings. The second kappa shape index (κ2) is 1.66. The molecule has 0 aromatic heterocycles. The van der Waals surface area contributed by atoms with Crippen molar-refractivity contribution in [2.75, 3.05) is 0 Å². The van der Waals surface area contributed by atoms with E-state index in [2.05, 4.69) is 12.2 Å². The smallest absolute Gasteiger partial charge is 0.0270 e. The maximum Gasteiger partial charge on any atom is 0.0270 e.